The molecule has 2 atom stereocenters. The zero-order valence-corrected chi connectivity index (χ0v) is 10.4. The fourth-order valence-corrected chi connectivity index (χ4v) is 1.82. The Labute approximate surface area is 99.9 Å². The van der Waals surface area contributed by atoms with Gasteiger partial charge in [0.05, 0.1) is 12.1 Å². The Morgan fingerprint density at radius 1 is 1.47 bits per heavy atom. The molecule has 0 aliphatic heterocycles. The van der Waals surface area contributed by atoms with E-state index in [9.17, 15) is 13.6 Å². The smallest absolute Gasteiger partial charge is 0.407 e. The van der Waals surface area contributed by atoms with Crippen LogP contribution < -0.4 is 11.1 Å². The van der Waals surface area contributed by atoms with Gasteiger partial charge in [0, 0.05) is 6.42 Å². The van der Waals surface area contributed by atoms with Gasteiger partial charge in [-0.25, -0.2) is 13.6 Å². The van der Waals surface area contributed by atoms with Crippen LogP contribution in [0.2, 0.25) is 0 Å². The topological polar surface area (TPSA) is 64.3 Å². The molecule has 1 amide bonds. The van der Waals surface area contributed by atoms with Gasteiger partial charge in [-0.1, -0.05) is 0 Å². The van der Waals surface area contributed by atoms with Crippen LogP contribution in [0.3, 0.4) is 0 Å². The van der Waals surface area contributed by atoms with Crippen molar-refractivity contribution in [1.29, 1.82) is 0 Å². The number of nitrogens with two attached hydrogens (primary N) is 1. The van der Waals surface area contributed by atoms with E-state index in [0.29, 0.717) is 12.8 Å². The molecule has 100 valence electrons. The van der Waals surface area contributed by atoms with Crippen LogP contribution in [0.5, 0.6) is 0 Å². The van der Waals surface area contributed by atoms with E-state index >= 15 is 0 Å². The van der Waals surface area contributed by atoms with Crippen LogP contribution in [0.15, 0.2) is 0 Å². The van der Waals surface area contributed by atoms with E-state index in [0.717, 1.165) is 0 Å². The van der Waals surface area contributed by atoms with Crippen LogP contribution in [0.1, 0.15) is 40.0 Å². The van der Waals surface area contributed by atoms with Crippen molar-refractivity contribution in [3.05, 3.63) is 0 Å². The number of amides is 1. The standard InChI is InChI=1S/C11H20F2N2O2/c1-10(2,3)17-9(16)15-7-5-4-6-11(12,13)8(7)14/h7-8H,4-6,14H2,1-3H3,(H,15,16)/t7-,8+/m1/s1. The van der Waals surface area contributed by atoms with Crippen LogP contribution in [-0.2, 0) is 4.74 Å². The minimum Gasteiger partial charge on any atom is -0.444 e. The maximum Gasteiger partial charge on any atom is 0.407 e. The molecule has 0 aromatic rings. The van der Waals surface area contributed by atoms with Crippen molar-refractivity contribution in [2.75, 3.05) is 0 Å². The van der Waals surface area contributed by atoms with E-state index in [1.807, 2.05) is 0 Å². The molecule has 3 N–H and O–H groups in total. The van der Waals surface area contributed by atoms with Crippen molar-refractivity contribution in [2.24, 2.45) is 5.73 Å². The van der Waals surface area contributed by atoms with E-state index in [1.165, 1.54) is 0 Å². The molecular weight excluding hydrogens is 230 g/mol. The molecule has 0 aromatic carbocycles. The second-order valence-electron chi connectivity index (χ2n) is 5.43. The van der Waals surface area contributed by atoms with E-state index in [2.05, 4.69) is 5.32 Å². The highest BCUT2D eigenvalue weighted by molar-refractivity contribution is 5.68. The number of hydrogen-bond acceptors (Lipinski definition) is 3. The molecule has 4 nitrogen and oxygen atoms in total. The molecule has 0 spiro atoms. The fourth-order valence-electron chi connectivity index (χ4n) is 1.82. The van der Waals surface area contributed by atoms with Crippen molar-refractivity contribution in [1.82, 2.24) is 5.32 Å². The lowest BCUT2D eigenvalue weighted by atomic mass is 9.88. The lowest BCUT2D eigenvalue weighted by Gasteiger charge is -2.36. The van der Waals surface area contributed by atoms with Crippen molar-refractivity contribution in [3.63, 3.8) is 0 Å². The van der Waals surface area contributed by atoms with Crippen LogP contribution in [0.25, 0.3) is 0 Å². The normalized spacial score (nSPS) is 28.6. The molecule has 1 rings (SSSR count). The Morgan fingerprint density at radius 2 is 2.06 bits per heavy atom. The van der Waals surface area contributed by atoms with E-state index in [4.69, 9.17) is 10.5 Å². The second-order valence-corrected chi connectivity index (χ2v) is 5.43. The Bertz CT molecular complexity index is 290. The van der Waals surface area contributed by atoms with Crippen LogP contribution in [-0.4, -0.2) is 29.7 Å². The van der Waals surface area contributed by atoms with Gasteiger partial charge in [0.2, 0.25) is 0 Å². The zero-order valence-electron chi connectivity index (χ0n) is 10.4. The summed E-state index contributed by atoms with van der Waals surface area (Å²) in [6.07, 6.45) is -0.117. The number of nitrogens with one attached hydrogen (secondary N) is 1. The number of halogens is 2. The molecule has 1 saturated carbocycles. The first kappa shape index (κ1) is 14.2. The van der Waals surface area contributed by atoms with E-state index in [1.54, 1.807) is 20.8 Å². The number of rotatable bonds is 1. The summed E-state index contributed by atoms with van der Waals surface area (Å²) in [4.78, 5) is 11.4. The first-order valence-electron chi connectivity index (χ1n) is 5.75. The molecule has 1 aliphatic carbocycles. The second kappa shape index (κ2) is 4.76. The van der Waals surface area contributed by atoms with Crippen molar-refractivity contribution in [2.45, 2.75) is 63.6 Å². The highest BCUT2D eigenvalue weighted by atomic mass is 19.3. The molecule has 1 fully saturated rings. The number of alkyl halides is 2. The molecule has 1 aliphatic rings. The molecular formula is C11H20F2N2O2. The number of alkyl carbamates (subject to hydrolysis) is 1. The van der Waals surface area contributed by atoms with Crippen molar-refractivity contribution < 1.29 is 18.3 Å². The number of hydrogen-bond donors (Lipinski definition) is 2. The van der Waals surface area contributed by atoms with Crippen molar-refractivity contribution in [3.8, 4) is 0 Å². The molecule has 0 saturated heterocycles. The van der Waals surface area contributed by atoms with Gasteiger partial charge >= 0.3 is 6.09 Å². The van der Waals surface area contributed by atoms with Gasteiger partial charge in [-0.3, -0.25) is 0 Å². The predicted molar refractivity (Wildman–Crippen MR) is 59.9 cm³/mol. The summed E-state index contributed by atoms with van der Waals surface area (Å²) in [7, 11) is 0. The third-order valence-electron chi connectivity index (χ3n) is 2.65. The molecule has 0 radical (unpaired) electrons. The molecule has 0 bridgehead atoms. The summed E-state index contributed by atoms with van der Waals surface area (Å²) in [6, 6.07) is -2.07. The average Bonchev–Trinajstić information content (AvgIpc) is 2.09. The summed E-state index contributed by atoms with van der Waals surface area (Å²) in [5.74, 6) is -2.92. The van der Waals surface area contributed by atoms with E-state index < -0.39 is 29.7 Å². The van der Waals surface area contributed by atoms with E-state index in [-0.39, 0.29) is 6.42 Å². The molecule has 0 unspecified atom stereocenters. The minimum absolute atomic E-state index is 0.222. The monoisotopic (exact) mass is 250 g/mol. The summed E-state index contributed by atoms with van der Waals surface area (Å²) >= 11 is 0. The Balaban J connectivity index is 2.54. The molecule has 0 aromatic heterocycles. The van der Waals surface area contributed by atoms with Gasteiger partial charge in [0.25, 0.3) is 5.92 Å². The summed E-state index contributed by atoms with van der Waals surface area (Å²) in [5.41, 5.74) is 4.80. The van der Waals surface area contributed by atoms with Crippen molar-refractivity contribution >= 4 is 6.09 Å². The van der Waals surface area contributed by atoms with Gasteiger partial charge in [0.1, 0.15) is 5.60 Å². The fraction of sp³-hybridized carbons (Fsp3) is 0.909. The quantitative estimate of drug-likeness (QED) is 0.748. The molecule has 0 heterocycles. The van der Waals surface area contributed by atoms with Crippen LogP contribution in [0, 0.1) is 0 Å². The highest BCUT2D eigenvalue weighted by Crippen LogP contribution is 2.32. The Hall–Kier alpha value is -0.910. The Morgan fingerprint density at radius 3 is 2.59 bits per heavy atom. The van der Waals surface area contributed by atoms with Crippen LogP contribution >= 0.6 is 0 Å². The lowest BCUT2D eigenvalue weighted by molar-refractivity contribution is -0.0629. The average molecular weight is 250 g/mol. The maximum atomic E-state index is 13.3. The van der Waals surface area contributed by atoms with Crippen LogP contribution in [0.4, 0.5) is 13.6 Å². The summed E-state index contributed by atoms with van der Waals surface area (Å²) in [5, 5.41) is 2.41. The van der Waals surface area contributed by atoms with Gasteiger partial charge < -0.3 is 15.8 Å². The number of carbonyl (C=O) groups excluding carboxylic acids is 1. The molecule has 6 heteroatoms. The zero-order chi connectivity index (χ0) is 13.3. The number of carbonyl (C=O) groups is 1. The minimum atomic E-state index is -2.92. The van der Waals surface area contributed by atoms with Gasteiger partial charge in [-0.05, 0) is 33.6 Å². The number of ether oxygens (including phenoxy) is 1. The third kappa shape index (κ3) is 4.11. The molecule has 17 heavy (non-hydrogen) atoms. The largest absolute Gasteiger partial charge is 0.444 e. The lowest BCUT2D eigenvalue weighted by Crippen LogP contribution is -2.59. The Kier molecular flexibility index (Phi) is 3.96. The first-order chi connectivity index (χ1) is 7.62. The van der Waals surface area contributed by atoms with Gasteiger partial charge in [-0.2, -0.15) is 0 Å². The third-order valence-corrected chi connectivity index (χ3v) is 2.65. The summed E-state index contributed by atoms with van der Waals surface area (Å²) in [6.45, 7) is 5.13. The SMILES string of the molecule is CC(C)(C)OC(=O)N[C@@H]1CCCC(F)(F)[C@H]1N. The first-order valence-corrected chi connectivity index (χ1v) is 5.75. The highest BCUT2D eigenvalue weighted by Gasteiger charge is 2.45. The predicted octanol–water partition coefficient (Wildman–Crippen LogP) is 2.03. The van der Waals surface area contributed by atoms with Gasteiger partial charge in [-0.15, -0.1) is 0 Å². The van der Waals surface area contributed by atoms with Gasteiger partial charge in [0.15, 0.2) is 0 Å². The maximum absolute atomic E-state index is 13.3. The summed E-state index contributed by atoms with van der Waals surface area (Å²) < 4.78 is 31.6.